The first kappa shape index (κ1) is 18.3. The van der Waals surface area contributed by atoms with Gasteiger partial charge in [0, 0.05) is 37.3 Å². The zero-order valence-corrected chi connectivity index (χ0v) is 15.5. The number of aromatic nitrogens is 1. The van der Waals surface area contributed by atoms with E-state index >= 15 is 0 Å². The molecule has 0 bridgehead atoms. The van der Waals surface area contributed by atoms with E-state index < -0.39 is 0 Å². The average Bonchev–Trinajstić information content (AvgIpc) is 3.10. The van der Waals surface area contributed by atoms with Gasteiger partial charge in [-0.3, -0.25) is 0 Å². The Hall–Kier alpha value is -2.08. The van der Waals surface area contributed by atoms with Crippen molar-refractivity contribution in [2.24, 2.45) is 4.99 Å². The van der Waals surface area contributed by atoms with E-state index in [0.717, 1.165) is 31.0 Å². The topological polar surface area (TPSA) is 49.8 Å². The van der Waals surface area contributed by atoms with Crippen LogP contribution in [-0.4, -0.2) is 42.6 Å². The lowest BCUT2D eigenvalue weighted by Gasteiger charge is -2.21. The lowest BCUT2D eigenvalue weighted by atomic mass is 10.3. The second-order valence-corrected chi connectivity index (χ2v) is 6.39. The highest BCUT2D eigenvalue weighted by molar-refractivity contribution is 7.09. The molecule has 6 heteroatoms. The van der Waals surface area contributed by atoms with Crippen molar-refractivity contribution in [2.45, 2.75) is 26.8 Å². The Balaban J connectivity index is 1.97. The fourth-order valence-electron chi connectivity index (χ4n) is 2.25. The average molecular weight is 346 g/mol. The maximum absolute atomic E-state index is 5.44. The van der Waals surface area contributed by atoms with Gasteiger partial charge in [-0.15, -0.1) is 11.3 Å². The van der Waals surface area contributed by atoms with Crippen LogP contribution in [0.2, 0.25) is 0 Å². The number of aliphatic imine (C=N–C) groups is 1. The maximum Gasteiger partial charge on any atom is 0.213 e. The molecule has 2 rings (SSSR count). The second kappa shape index (κ2) is 9.93. The summed E-state index contributed by atoms with van der Waals surface area (Å²) in [6.07, 6.45) is 2.80. The molecule has 0 aliphatic carbocycles. The minimum atomic E-state index is 0.605. The number of hydrogen-bond donors (Lipinski definition) is 1. The van der Waals surface area contributed by atoms with Crippen molar-refractivity contribution in [1.29, 1.82) is 0 Å². The zero-order valence-electron chi connectivity index (χ0n) is 14.7. The molecular weight excluding hydrogens is 320 g/mol. The van der Waals surface area contributed by atoms with Gasteiger partial charge in [0.25, 0.3) is 0 Å². The van der Waals surface area contributed by atoms with Crippen molar-refractivity contribution in [3.05, 3.63) is 46.3 Å². The van der Waals surface area contributed by atoms with Gasteiger partial charge in [-0.2, -0.15) is 0 Å². The molecule has 0 saturated heterocycles. The third-order valence-corrected chi connectivity index (χ3v) is 4.41. The number of thiophene rings is 1. The standard InChI is InChI=1S/C18H26N4OS/c1-4-19-18(22(3)11-9-16-7-6-12-24-16)21-14-15-8-10-20-17(13-15)23-5-2/h6-8,10,12-13H,4-5,9,11,14H2,1-3H3,(H,19,21). The summed E-state index contributed by atoms with van der Waals surface area (Å²) in [5.74, 6) is 1.57. The Morgan fingerprint density at radius 3 is 2.96 bits per heavy atom. The van der Waals surface area contributed by atoms with Gasteiger partial charge >= 0.3 is 0 Å². The number of likely N-dealkylation sites (N-methyl/N-ethyl adjacent to an activating group) is 1. The quantitative estimate of drug-likeness (QED) is 0.589. The van der Waals surface area contributed by atoms with Gasteiger partial charge in [-0.1, -0.05) is 6.07 Å². The molecule has 5 nitrogen and oxygen atoms in total. The molecule has 0 fully saturated rings. The fraction of sp³-hybridized carbons (Fsp3) is 0.444. The molecule has 0 radical (unpaired) electrons. The Morgan fingerprint density at radius 1 is 1.38 bits per heavy atom. The van der Waals surface area contributed by atoms with Crippen molar-refractivity contribution < 1.29 is 4.74 Å². The molecule has 130 valence electrons. The van der Waals surface area contributed by atoms with Crippen LogP contribution in [0, 0.1) is 0 Å². The lowest BCUT2D eigenvalue weighted by Crippen LogP contribution is -2.39. The third-order valence-electron chi connectivity index (χ3n) is 3.47. The summed E-state index contributed by atoms with van der Waals surface area (Å²) >= 11 is 1.80. The first-order chi connectivity index (χ1) is 11.7. The van der Waals surface area contributed by atoms with Gasteiger partial charge in [0.15, 0.2) is 5.96 Å². The summed E-state index contributed by atoms with van der Waals surface area (Å²) in [7, 11) is 2.08. The first-order valence-corrected chi connectivity index (χ1v) is 9.20. The van der Waals surface area contributed by atoms with E-state index in [1.165, 1.54) is 4.88 Å². The molecule has 0 aliphatic heterocycles. The highest BCUT2D eigenvalue weighted by atomic mass is 32.1. The zero-order chi connectivity index (χ0) is 17.2. The van der Waals surface area contributed by atoms with E-state index in [9.17, 15) is 0 Å². The van der Waals surface area contributed by atoms with Gasteiger partial charge in [0.05, 0.1) is 13.2 Å². The predicted molar refractivity (Wildman–Crippen MR) is 101 cm³/mol. The van der Waals surface area contributed by atoms with Crippen LogP contribution in [0.25, 0.3) is 0 Å². The van der Waals surface area contributed by atoms with Crippen LogP contribution >= 0.6 is 11.3 Å². The van der Waals surface area contributed by atoms with Gasteiger partial charge in [-0.25, -0.2) is 9.98 Å². The van der Waals surface area contributed by atoms with Crippen LogP contribution in [0.3, 0.4) is 0 Å². The van der Waals surface area contributed by atoms with Gasteiger partial charge in [0.1, 0.15) is 0 Å². The van der Waals surface area contributed by atoms with Crippen molar-refractivity contribution in [2.75, 3.05) is 26.7 Å². The Labute approximate surface area is 148 Å². The molecular formula is C18H26N4OS. The van der Waals surface area contributed by atoms with Crippen molar-refractivity contribution in [3.63, 3.8) is 0 Å². The lowest BCUT2D eigenvalue weighted by molar-refractivity contribution is 0.326. The molecule has 0 saturated carbocycles. The Kier molecular flexibility index (Phi) is 7.55. The molecule has 0 atom stereocenters. The van der Waals surface area contributed by atoms with E-state index in [4.69, 9.17) is 9.73 Å². The summed E-state index contributed by atoms with van der Waals surface area (Å²) in [6, 6.07) is 8.19. The number of guanidine groups is 1. The number of ether oxygens (including phenoxy) is 1. The van der Waals surface area contributed by atoms with Gasteiger partial charge < -0.3 is 15.0 Å². The highest BCUT2D eigenvalue weighted by Gasteiger charge is 2.06. The van der Waals surface area contributed by atoms with Crippen molar-refractivity contribution in [3.8, 4) is 5.88 Å². The van der Waals surface area contributed by atoms with Crippen LogP contribution in [0.5, 0.6) is 5.88 Å². The van der Waals surface area contributed by atoms with E-state index in [1.54, 1.807) is 17.5 Å². The summed E-state index contributed by atoms with van der Waals surface area (Å²) in [6.45, 7) is 7.05. The molecule has 0 unspecified atom stereocenters. The molecule has 2 heterocycles. The summed E-state index contributed by atoms with van der Waals surface area (Å²) in [5.41, 5.74) is 1.09. The van der Waals surface area contributed by atoms with Crippen LogP contribution in [0.1, 0.15) is 24.3 Å². The smallest absolute Gasteiger partial charge is 0.213 e. The monoisotopic (exact) mass is 346 g/mol. The normalized spacial score (nSPS) is 11.4. The minimum Gasteiger partial charge on any atom is -0.478 e. The second-order valence-electron chi connectivity index (χ2n) is 5.36. The largest absolute Gasteiger partial charge is 0.478 e. The first-order valence-electron chi connectivity index (χ1n) is 8.32. The van der Waals surface area contributed by atoms with Gasteiger partial charge in [0.2, 0.25) is 5.88 Å². The van der Waals surface area contributed by atoms with Crippen LogP contribution in [0.15, 0.2) is 40.8 Å². The van der Waals surface area contributed by atoms with Crippen LogP contribution in [0.4, 0.5) is 0 Å². The molecule has 1 N–H and O–H groups in total. The Morgan fingerprint density at radius 2 is 2.25 bits per heavy atom. The van der Waals surface area contributed by atoms with Gasteiger partial charge in [-0.05, 0) is 43.3 Å². The van der Waals surface area contributed by atoms with E-state index in [0.29, 0.717) is 19.0 Å². The van der Waals surface area contributed by atoms with Crippen LogP contribution < -0.4 is 10.1 Å². The van der Waals surface area contributed by atoms with E-state index in [-0.39, 0.29) is 0 Å². The summed E-state index contributed by atoms with van der Waals surface area (Å²) in [5, 5.41) is 5.47. The number of hydrogen-bond acceptors (Lipinski definition) is 4. The van der Waals surface area contributed by atoms with Crippen LogP contribution in [-0.2, 0) is 13.0 Å². The molecule has 2 aromatic rings. The van der Waals surface area contributed by atoms with E-state index in [2.05, 4.69) is 46.7 Å². The third kappa shape index (κ3) is 5.85. The van der Waals surface area contributed by atoms with Crippen molar-refractivity contribution >= 4 is 17.3 Å². The molecule has 0 aliphatic rings. The summed E-state index contributed by atoms with van der Waals surface area (Å²) < 4.78 is 5.44. The predicted octanol–water partition coefficient (Wildman–Crippen LogP) is 3.18. The van der Waals surface area contributed by atoms with Crippen molar-refractivity contribution in [1.82, 2.24) is 15.2 Å². The van der Waals surface area contributed by atoms with E-state index in [1.807, 2.05) is 19.1 Å². The number of rotatable bonds is 8. The molecule has 24 heavy (non-hydrogen) atoms. The number of nitrogens with one attached hydrogen (secondary N) is 1. The number of nitrogens with zero attached hydrogens (tertiary/aromatic N) is 3. The SMILES string of the molecule is CCNC(=NCc1ccnc(OCC)c1)N(C)CCc1cccs1. The number of pyridine rings is 1. The Bertz CT molecular complexity index is 628. The molecule has 0 amide bonds. The maximum atomic E-state index is 5.44. The summed E-state index contributed by atoms with van der Waals surface area (Å²) in [4.78, 5) is 12.5. The highest BCUT2D eigenvalue weighted by Crippen LogP contribution is 2.11. The molecule has 0 aromatic carbocycles. The fourth-order valence-corrected chi connectivity index (χ4v) is 2.95. The molecule has 0 spiro atoms. The minimum absolute atomic E-state index is 0.605. The molecule has 2 aromatic heterocycles.